The lowest BCUT2D eigenvalue weighted by Gasteiger charge is -2.15. The van der Waals surface area contributed by atoms with Crippen LogP contribution in [0.3, 0.4) is 0 Å². The maximum atomic E-state index is 13.7. The fourth-order valence-electron chi connectivity index (χ4n) is 1.52. The number of hydrogen-bond acceptors (Lipinski definition) is 4. The first-order valence-corrected chi connectivity index (χ1v) is 5.78. The van der Waals surface area contributed by atoms with Crippen LogP contribution in [0, 0.1) is 5.82 Å². The Balaban J connectivity index is 3.24. The Bertz CT molecular complexity index is 467. The number of aliphatic carboxylic acids is 1. The normalized spacial score (nSPS) is 12.1. The van der Waals surface area contributed by atoms with Crippen molar-refractivity contribution in [3.8, 4) is 11.5 Å². The molecule has 0 amide bonds. The molecule has 0 aliphatic carbocycles. The van der Waals surface area contributed by atoms with Crippen LogP contribution in [0.2, 0.25) is 0 Å². The van der Waals surface area contributed by atoms with Gasteiger partial charge in [0.25, 0.3) is 0 Å². The lowest BCUT2D eigenvalue weighted by molar-refractivity contribution is -0.138. The number of halogens is 2. The topological polar surface area (TPSA) is 81.8 Å². The van der Waals surface area contributed by atoms with Crippen molar-refractivity contribution in [1.82, 2.24) is 0 Å². The lowest BCUT2D eigenvalue weighted by Crippen LogP contribution is -2.32. The van der Waals surface area contributed by atoms with Crippen LogP contribution in [-0.2, 0) is 11.2 Å². The van der Waals surface area contributed by atoms with Gasteiger partial charge in [0.1, 0.15) is 16.3 Å². The summed E-state index contributed by atoms with van der Waals surface area (Å²) in [6.07, 6.45) is -0.0436. The molecule has 0 spiro atoms. The number of nitrogens with two attached hydrogens (primary N) is 1. The van der Waals surface area contributed by atoms with E-state index in [-0.39, 0.29) is 12.2 Å². The molecule has 1 aromatic rings. The zero-order valence-corrected chi connectivity index (χ0v) is 11.5. The van der Waals surface area contributed by atoms with E-state index in [1.54, 1.807) is 0 Å². The average molecular weight is 322 g/mol. The molecule has 18 heavy (non-hydrogen) atoms. The van der Waals surface area contributed by atoms with Crippen LogP contribution in [0.4, 0.5) is 4.39 Å². The second kappa shape index (κ2) is 6.01. The van der Waals surface area contributed by atoms with Gasteiger partial charge in [-0.2, -0.15) is 0 Å². The lowest BCUT2D eigenvalue weighted by atomic mass is 10.0. The quantitative estimate of drug-likeness (QED) is 0.860. The van der Waals surface area contributed by atoms with Gasteiger partial charge in [0, 0.05) is 12.0 Å². The van der Waals surface area contributed by atoms with E-state index in [0.29, 0.717) is 15.8 Å². The predicted molar refractivity (Wildman–Crippen MR) is 66.5 cm³/mol. The molecule has 0 fully saturated rings. The van der Waals surface area contributed by atoms with Crippen LogP contribution in [0.1, 0.15) is 5.56 Å². The summed E-state index contributed by atoms with van der Waals surface area (Å²) in [6.45, 7) is 0. The van der Waals surface area contributed by atoms with Crippen LogP contribution in [0.5, 0.6) is 11.5 Å². The number of carbonyl (C=O) groups is 1. The molecule has 1 unspecified atom stereocenters. The molecule has 0 bridgehead atoms. The monoisotopic (exact) mass is 321 g/mol. The highest BCUT2D eigenvalue weighted by Gasteiger charge is 2.21. The summed E-state index contributed by atoms with van der Waals surface area (Å²) in [7, 11) is 2.72. The Morgan fingerprint density at radius 2 is 2.06 bits per heavy atom. The summed E-state index contributed by atoms with van der Waals surface area (Å²) in [5, 5.41) is 8.75. The van der Waals surface area contributed by atoms with Gasteiger partial charge in [0.2, 0.25) is 0 Å². The number of methoxy groups -OCH3 is 2. The fourth-order valence-corrected chi connectivity index (χ4v) is 2.28. The Kier molecular flexibility index (Phi) is 4.92. The molecular weight excluding hydrogens is 309 g/mol. The molecule has 100 valence electrons. The van der Waals surface area contributed by atoms with Gasteiger partial charge in [0.05, 0.1) is 14.2 Å². The zero-order valence-electron chi connectivity index (χ0n) is 9.87. The van der Waals surface area contributed by atoms with E-state index in [1.165, 1.54) is 14.2 Å². The van der Waals surface area contributed by atoms with Crippen molar-refractivity contribution in [3.05, 3.63) is 21.9 Å². The minimum atomic E-state index is -1.16. The molecule has 1 aromatic carbocycles. The number of ether oxygens (including phenoxy) is 2. The highest BCUT2D eigenvalue weighted by atomic mass is 79.9. The van der Waals surface area contributed by atoms with Crippen molar-refractivity contribution in [2.75, 3.05) is 14.2 Å². The van der Waals surface area contributed by atoms with Gasteiger partial charge in [-0.05, 0) is 22.0 Å². The fraction of sp³-hybridized carbons (Fsp3) is 0.364. The molecule has 5 nitrogen and oxygen atoms in total. The molecule has 0 aromatic heterocycles. The molecule has 0 radical (unpaired) electrons. The summed E-state index contributed by atoms with van der Waals surface area (Å²) >= 11 is 3.15. The van der Waals surface area contributed by atoms with E-state index < -0.39 is 17.8 Å². The number of carboxylic acid groups (broad SMARTS) is 1. The Hall–Kier alpha value is -1.34. The van der Waals surface area contributed by atoms with Gasteiger partial charge < -0.3 is 20.3 Å². The van der Waals surface area contributed by atoms with E-state index in [0.717, 1.165) is 6.07 Å². The standard InChI is InChI=1S/C11H13BrFNO4/c1-17-9-5(4-7(14)11(15)16)3-6(13)10(18-2)8(9)12/h3,7H,4,14H2,1-2H3,(H,15,16). The van der Waals surface area contributed by atoms with Crippen LogP contribution in [0.15, 0.2) is 10.5 Å². The molecule has 0 saturated heterocycles. The van der Waals surface area contributed by atoms with Gasteiger partial charge in [-0.15, -0.1) is 0 Å². The highest BCUT2D eigenvalue weighted by Crippen LogP contribution is 2.39. The van der Waals surface area contributed by atoms with Crippen LogP contribution < -0.4 is 15.2 Å². The van der Waals surface area contributed by atoms with Gasteiger partial charge in [-0.3, -0.25) is 4.79 Å². The van der Waals surface area contributed by atoms with Gasteiger partial charge in [-0.25, -0.2) is 4.39 Å². The Morgan fingerprint density at radius 3 is 2.50 bits per heavy atom. The van der Waals surface area contributed by atoms with Gasteiger partial charge in [0.15, 0.2) is 11.6 Å². The van der Waals surface area contributed by atoms with Crippen molar-refractivity contribution in [3.63, 3.8) is 0 Å². The molecule has 0 aliphatic rings. The number of benzene rings is 1. The predicted octanol–water partition coefficient (Wildman–Crippen LogP) is 1.56. The minimum Gasteiger partial charge on any atom is -0.495 e. The second-order valence-electron chi connectivity index (χ2n) is 3.55. The first-order chi connectivity index (χ1) is 8.42. The molecule has 0 heterocycles. The largest absolute Gasteiger partial charge is 0.495 e. The van der Waals surface area contributed by atoms with E-state index in [4.69, 9.17) is 20.3 Å². The molecule has 7 heteroatoms. The number of carboxylic acids is 1. The summed E-state index contributed by atoms with van der Waals surface area (Å²) in [4.78, 5) is 10.7. The van der Waals surface area contributed by atoms with Gasteiger partial charge in [-0.1, -0.05) is 0 Å². The molecular formula is C11H13BrFNO4. The Labute approximate surface area is 112 Å². The van der Waals surface area contributed by atoms with Gasteiger partial charge >= 0.3 is 5.97 Å². The third-order valence-corrected chi connectivity index (χ3v) is 3.09. The summed E-state index contributed by atoms with van der Waals surface area (Å²) < 4.78 is 24.0. The summed E-state index contributed by atoms with van der Waals surface area (Å²) in [6, 6.07) is 0.0317. The maximum absolute atomic E-state index is 13.7. The van der Waals surface area contributed by atoms with Crippen molar-refractivity contribution in [2.24, 2.45) is 5.73 Å². The first-order valence-electron chi connectivity index (χ1n) is 4.99. The smallest absolute Gasteiger partial charge is 0.320 e. The molecule has 0 aliphatic heterocycles. The number of hydrogen-bond donors (Lipinski definition) is 2. The number of rotatable bonds is 5. The van der Waals surface area contributed by atoms with Crippen LogP contribution in [-0.4, -0.2) is 31.3 Å². The van der Waals surface area contributed by atoms with E-state index >= 15 is 0 Å². The average Bonchev–Trinajstić information content (AvgIpc) is 2.29. The van der Waals surface area contributed by atoms with Crippen molar-refractivity contribution < 1.29 is 23.8 Å². The SMILES string of the molecule is COc1c(F)cc(CC(N)C(=O)O)c(OC)c1Br. The summed E-state index contributed by atoms with van der Waals surface area (Å²) in [5.41, 5.74) is 5.78. The van der Waals surface area contributed by atoms with Crippen molar-refractivity contribution >= 4 is 21.9 Å². The van der Waals surface area contributed by atoms with Crippen molar-refractivity contribution in [1.29, 1.82) is 0 Å². The molecule has 1 atom stereocenters. The zero-order chi connectivity index (χ0) is 13.9. The van der Waals surface area contributed by atoms with Crippen molar-refractivity contribution in [2.45, 2.75) is 12.5 Å². The molecule has 3 N–H and O–H groups in total. The Morgan fingerprint density at radius 1 is 1.50 bits per heavy atom. The van der Waals surface area contributed by atoms with E-state index in [2.05, 4.69) is 15.9 Å². The summed E-state index contributed by atoms with van der Waals surface area (Å²) in [5.74, 6) is -1.47. The first kappa shape index (κ1) is 14.7. The molecule has 0 saturated carbocycles. The maximum Gasteiger partial charge on any atom is 0.320 e. The minimum absolute atomic E-state index is 0.000466. The second-order valence-corrected chi connectivity index (χ2v) is 4.34. The van der Waals surface area contributed by atoms with Crippen LogP contribution >= 0.6 is 15.9 Å². The van der Waals surface area contributed by atoms with E-state index in [9.17, 15) is 9.18 Å². The van der Waals surface area contributed by atoms with E-state index in [1.807, 2.05) is 0 Å². The third kappa shape index (κ3) is 2.91. The third-order valence-electron chi connectivity index (χ3n) is 2.37. The highest BCUT2D eigenvalue weighted by molar-refractivity contribution is 9.10. The van der Waals surface area contributed by atoms with Crippen LogP contribution in [0.25, 0.3) is 0 Å². The molecule has 1 rings (SSSR count).